The fourth-order valence-corrected chi connectivity index (χ4v) is 11.9. The standard InChI is InChI=1S/C33H54O4/c1-8-37-19-21(2)23-11-16-33(22(3)35)18-17-31(6)24(28(23)33)9-10-26-29(4)14-13-27(36)30(5,20-34)25(29)12-15-32(26,31)7/h23-28,34-36H,2-3,8-20H2,1,4-7H3/t23-,24?,25+,26+,27-,28+,29-,30-,31+,32+,33+/m0/s1. The molecule has 5 saturated carbocycles. The minimum absolute atomic E-state index is 0.0740. The van der Waals surface area contributed by atoms with Crippen LogP contribution in [-0.2, 0) is 4.74 Å². The molecule has 0 spiro atoms. The lowest BCUT2D eigenvalue weighted by molar-refractivity contribution is -0.253. The van der Waals surface area contributed by atoms with Gasteiger partial charge in [0, 0.05) is 17.4 Å². The second-order valence-corrected chi connectivity index (χ2v) is 15.0. The van der Waals surface area contributed by atoms with Crippen molar-refractivity contribution in [2.24, 2.45) is 56.7 Å². The summed E-state index contributed by atoms with van der Waals surface area (Å²) in [6.07, 6.45) is 10.4. The number of aliphatic hydroxyl groups excluding tert-OH is 3. The summed E-state index contributed by atoms with van der Waals surface area (Å²) in [7, 11) is 0. The van der Waals surface area contributed by atoms with Gasteiger partial charge in [0.1, 0.15) is 0 Å². The molecule has 3 N–H and O–H groups in total. The van der Waals surface area contributed by atoms with Gasteiger partial charge in [-0.25, -0.2) is 0 Å². The average Bonchev–Trinajstić information content (AvgIpc) is 3.27. The van der Waals surface area contributed by atoms with Gasteiger partial charge in [-0.3, -0.25) is 0 Å². The molecule has 0 aromatic heterocycles. The lowest BCUT2D eigenvalue weighted by Gasteiger charge is -2.73. The van der Waals surface area contributed by atoms with Crippen molar-refractivity contribution in [3.63, 3.8) is 0 Å². The number of hydrogen-bond acceptors (Lipinski definition) is 4. The predicted octanol–water partition coefficient (Wildman–Crippen LogP) is 7.07. The number of fused-ring (bicyclic) bond motifs is 7. The van der Waals surface area contributed by atoms with Gasteiger partial charge in [-0.15, -0.1) is 0 Å². The first-order valence-electron chi connectivity index (χ1n) is 15.3. The van der Waals surface area contributed by atoms with E-state index >= 15 is 0 Å². The van der Waals surface area contributed by atoms with Crippen LogP contribution in [0.1, 0.15) is 98.8 Å². The topological polar surface area (TPSA) is 69.9 Å². The maximum atomic E-state index is 11.1. The van der Waals surface area contributed by atoms with Crippen LogP contribution in [0.5, 0.6) is 0 Å². The third kappa shape index (κ3) is 3.50. The summed E-state index contributed by atoms with van der Waals surface area (Å²) in [5, 5.41) is 32.6. The van der Waals surface area contributed by atoms with Crippen LogP contribution in [0.15, 0.2) is 24.5 Å². The van der Waals surface area contributed by atoms with Crippen LogP contribution in [0.2, 0.25) is 0 Å². The zero-order valence-electron chi connectivity index (χ0n) is 24.3. The highest BCUT2D eigenvalue weighted by Gasteiger charge is 2.71. The van der Waals surface area contributed by atoms with Gasteiger partial charge in [-0.1, -0.05) is 40.9 Å². The highest BCUT2D eigenvalue weighted by molar-refractivity contribution is 5.26. The molecule has 210 valence electrons. The van der Waals surface area contributed by atoms with E-state index < -0.39 is 11.5 Å². The summed E-state index contributed by atoms with van der Waals surface area (Å²) >= 11 is 0. The highest BCUT2D eigenvalue weighted by Crippen LogP contribution is 2.78. The molecule has 0 aromatic rings. The van der Waals surface area contributed by atoms with E-state index in [-0.39, 0.29) is 28.3 Å². The fourth-order valence-electron chi connectivity index (χ4n) is 11.9. The van der Waals surface area contributed by atoms with Crippen molar-refractivity contribution in [3.05, 3.63) is 24.5 Å². The fraction of sp³-hybridized carbons (Fsp3) is 0.879. The van der Waals surface area contributed by atoms with E-state index in [1.165, 1.54) is 18.4 Å². The Bertz CT molecular complexity index is 929. The number of aliphatic hydroxyl groups is 3. The molecule has 0 radical (unpaired) electrons. The molecule has 0 aliphatic heterocycles. The molecule has 5 aliphatic carbocycles. The Balaban J connectivity index is 1.53. The van der Waals surface area contributed by atoms with E-state index in [1.807, 2.05) is 6.92 Å². The largest absolute Gasteiger partial charge is 0.512 e. The molecule has 4 heteroatoms. The average molecular weight is 515 g/mol. The molecular formula is C33H54O4. The summed E-state index contributed by atoms with van der Waals surface area (Å²) in [5.41, 5.74) is 1.15. The van der Waals surface area contributed by atoms with Crippen molar-refractivity contribution in [1.82, 2.24) is 0 Å². The van der Waals surface area contributed by atoms with E-state index in [9.17, 15) is 15.3 Å². The molecule has 5 rings (SSSR count). The van der Waals surface area contributed by atoms with Crippen LogP contribution >= 0.6 is 0 Å². The van der Waals surface area contributed by atoms with Crippen molar-refractivity contribution in [3.8, 4) is 0 Å². The molecule has 0 aromatic carbocycles. The first-order valence-corrected chi connectivity index (χ1v) is 15.3. The van der Waals surface area contributed by atoms with Crippen LogP contribution < -0.4 is 0 Å². The van der Waals surface area contributed by atoms with Gasteiger partial charge >= 0.3 is 0 Å². The molecule has 37 heavy (non-hydrogen) atoms. The molecule has 1 unspecified atom stereocenters. The third-order valence-electron chi connectivity index (χ3n) is 14.1. The maximum absolute atomic E-state index is 11.1. The van der Waals surface area contributed by atoms with Gasteiger partial charge in [0.05, 0.1) is 25.1 Å². The molecule has 5 aliphatic rings. The van der Waals surface area contributed by atoms with Gasteiger partial charge in [-0.05, 0) is 123 Å². The molecular weight excluding hydrogens is 460 g/mol. The zero-order valence-corrected chi connectivity index (χ0v) is 24.3. The van der Waals surface area contributed by atoms with Crippen molar-refractivity contribution in [2.75, 3.05) is 19.8 Å². The summed E-state index contributed by atoms with van der Waals surface area (Å²) in [6.45, 7) is 22.0. The highest BCUT2D eigenvalue weighted by atomic mass is 16.5. The molecule has 0 saturated heterocycles. The molecule has 0 amide bonds. The Morgan fingerprint density at radius 3 is 2.24 bits per heavy atom. The number of hydrogen-bond donors (Lipinski definition) is 3. The number of ether oxygens (including phenoxy) is 1. The normalized spacial score (nSPS) is 52.9. The monoisotopic (exact) mass is 514 g/mol. The van der Waals surface area contributed by atoms with Crippen molar-refractivity contribution in [2.45, 2.75) is 105 Å². The van der Waals surface area contributed by atoms with Crippen molar-refractivity contribution < 1.29 is 20.1 Å². The minimum Gasteiger partial charge on any atom is -0.512 e. The van der Waals surface area contributed by atoms with E-state index in [4.69, 9.17) is 4.74 Å². The Morgan fingerprint density at radius 2 is 1.59 bits per heavy atom. The lowest BCUT2D eigenvalue weighted by atomic mass is 9.32. The van der Waals surface area contributed by atoms with Crippen LogP contribution in [0.25, 0.3) is 0 Å². The van der Waals surface area contributed by atoms with Gasteiger partial charge in [0.2, 0.25) is 0 Å². The van der Waals surface area contributed by atoms with Crippen molar-refractivity contribution in [1.29, 1.82) is 0 Å². The Morgan fingerprint density at radius 1 is 0.865 bits per heavy atom. The van der Waals surface area contributed by atoms with E-state index in [0.717, 1.165) is 51.4 Å². The first-order chi connectivity index (χ1) is 17.4. The molecule has 11 atom stereocenters. The van der Waals surface area contributed by atoms with Gasteiger partial charge in [0.25, 0.3) is 0 Å². The molecule has 0 heterocycles. The van der Waals surface area contributed by atoms with E-state index in [0.29, 0.717) is 48.6 Å². The molecule has 5 fully saturated rings. The zero-order chi connectivity index (χ0) is 27.0. The first kappa shape index (κ1) is 27.7. The maximum Gasteiger partial charge on any atom is 0.0915 e. The van der Waals surface area contributed by atoms with Crippen LogP contribution in [0.4, 0.5) is 0 Å². The minimum atomic E-state index is -0.409. The second-order valence-electron chi connectivity index (χ2n) is 15.0. The molecule has 4 nitrogen and oxygen atoms in total. The second kappa shape index (κ2) is 9.10. The lowest BCUT2D eigenvalue weighted by Crippen LogP contribution is -2.67. The SMILES string of the molecule is C=C(COCC)[C@@H]1CC[C@]2(C(=C)O)CC[C@]3(C)C(CC[C@@H]4[C@@]5(C)CC[C@H](O)[C@@](C)(CO)[C@@H]5CC[C@]43C)[C@@H]12. The molecule has 0 bridgehead atoms. The van der Waals surface area contributed by atoms with Crippen LogP contribution in [-0.4, -0.2) is 41.2 Å². The smallest absolute Gasteiger partial charge is 0.0915 e. The Kier molecular flexibility index (Phi) is 6.81. The van der Waals surface area contributed by atoms with Gasteiger partial charge in [0.15, 0.2) is 0 Å². The summed E-state index contributed by atoms with van der Waals surface area (Å²) < 4.78 is 5.83. The number of allylic oxidation sites excluding steroid dienone is 1. The predicted molar refractivity (Wildman–Crippen MR) is 149 cm³/mol. The van der Waals surface area contributed by atoms with Crippen LogP contribution in [0.3, 0.4) is 0 Å². The summed E-state index contributed by atoms with van der Waals surface area (Å²) in [5.74, 6) is 2.67. The Hall–Kier alpha value is -0.840. The van der Waals surface area contributed by atoms with E-state index in [2.05, 4.69) is 40.9 Å². The summed E-state index contributed by atoms with van der Waals surface area (Å²) in [4.78, 5) is 0. The third-order valence-corrected chi connectivity index (χ3v) is 14.1. The quantitative estimate of drug-likeness (QED) is 0.262. The Labute approximate surface area is 226 Å². The van der Waals surface area contributed by atoms with E-state index in [1.54, 1.807) is 0 Å². The van der Waals surface area contributed by atoms with Gasteiger partial charge in [-0.2, -0.15) is 0 Å². The van der Waals surface area contributed by atoms with Crippen molar-refractivity contribution >= 4 is 0 Å². The number of rotatable bonds is 6. The van der Waals surface area contributed by atoms with Gasteiger partial charge < -0.3 is 20.1 Å². The van der Waals surface area contributed by atoms with Crippen LogP contribution in [0, 0.1) is 56.7 Å². The summed E-state index contributed by atoms with van der Waals surface area (Å²) in [6, 6.07) is 0.